The van der Waals surface area contributed by atoms with Gasteiger partial charge in [-0.1, -0.05) is 13.8 Å². The summed E-state index contributed by atoms with van der Waals surface area (Å²) in [6, 6.07) is -7.16. The van der Waals surface area contributed by atoms with Gasteiger partial charge in [0.25, 0.3) is 0 Å². The fraction of sp³-hybridized carbons (Fsp3) is 0.735. The summed E-state index contributed by atoms with van der Waals surface area (Å²) < 4.78 is 0. The number of hydrogen-bond acceptors (Lipinski definition) is 10. The van der Waals surface area contributed by atoms with Crippen LogP contribution < -0.4 is 49.9 Å². The molecule has 7 atom stereocenters. The number of carboxylic acid groups (broad SMARTS) is 1. The van der Waals surface area contributed by atoms with Crippen LogP contribution >= 0.6 is 0 Å². The van der Waals surface area contributed by atoms with Gasteiger partial charge in [-0.2, -0.15) is 0 Å². The quantitative estimate of drug-likeness (QED) is 0.0308. The molecule has 2 saturated heterocycles. The molecule has 6 amide bonds. The third kappa shape index (κ3) is 14.9. The lowest BCUT2D eigenvalue weighted by Crippen LogP contribution is -2.59. The van der Waals surface area contributed by atoms with Crippen LogP contribution in [0.25, 0.3) is 0 Å². The first-order valence-electron chi connectivity index (χ1n) is 18.8. The van der Waals surface area contributed by atoms with Crippen LogP contribution in [0.5, 0.6) is 0 Å². The van der Waals surface area contributed by atoms with Crippen LogP contribution in [-0.2, 0) is 33.6 Å². The molecule has 0 spiro atoms. The molecule has 21 heteroatoms. The molecule has 0 aromatic carbocycles. The number of rotatable bonds is 21. The van der Waals surface area contributed by atoms with Crippen LogP contribution in [0.4, 0.5) is 0 Å². The zero-order valence-electron chi connectivity index (χ0n) is 32.3. The van der Waals surface area contributed by atoms with E-state index in [0.717, 1.165) is 0 Å². The fourth-order valence-corrected chi connectivity index (χ4v) is 6.46. The summed E-state index contributed by atoms with van der Waals surface area (Å²) >= 11 is 0. The van der Waals surface area contributed by atoms with E-state index in [4.69, 9.17) is 28.7 Å². The average molecular weight is 780 g/mol. The van der Waals surface area contributed by atoms with Gasteiger partial charge in [0.05, 0.1) is 6.04 Å². The van der Waals surface area contributed by atoms with Gasteiger partial charge in [0, 0.05) is 26.2 Å². The third-order valence-electron chi connectivity index (χ3n) is 9.28. The van der Waals surface area contributed by atoms with Crippen molar-refractivity contribution in [1.82, 2.24) is 31.1 Å². The SMILES string of the molecule is CC(C)C[C@H](NC(=O)[C@@H]1CCCN1C(=O)[C@H](CCCN=C(N)N)NC(=O)[C@H](C)NC(=O)[C@H](C)N)C(=O)N1CCC[C@H]1C(=O)N[C@@H](CCCN=C(N)N)C(=O)O. The molecule has 0 aromatic rings. The summed E-state index contributed by atoms with van der Waals surface area (Å²) in [7, 11) is 0. The van der Waals surface area contributed by atoms with Crippen molar-refractivity contribution in [3.8, 4) is 0 Å². The van der Waals surface area contributed by atoms with Gasteiger partial charge in [0.2, 0.25) is 35.4 Å². The Hall–Kier alpha value is -5.21. The molecule has 0 saturated carbocycles. The first-order valence-corrected chi connectivity index (χ1v) is 18.8. The van der Waals surface area contributed by atoms with Crippen LogP contribution in [0.3, 0.4) is 0 Å². The molecule has 0 aliphatic carbocycles. The Kier molecular flexibility index (Phi) is 18.6. The highest BCUT2D eigenvalue weighted by Gasteiger charge is 2.42. The summed E-state index contributed by atoms with van der Waals surface area (Å²) in [5.41, 5.74) is 27.1. The van der Waals surface area contributed by atoms with Gasteiger partial charge < -0.3 is 64.8 Å². The molecule has 2 heterocycles. The lowest BCUT2D eigenvalue weighted by Gasteiger charge is -2.32. The number of nitrogens with zero attached hydrogens (tertiary/aromatic N) is 4. The van der Waals surface area contributed by atoms with E-state index in [9.17, 15) is 38.7 Å². The highest BCUT2D eigenvalue weighted by molar-refractivity contribution is 5.97. The van der Waals surface area contributed by atoms with Gasteiger partial charge in [-0.3, -0.25) is 38.8 Å². The minimum Gasteiger partial charge on any atom is -0.480 e. The largest absolute Gasteiger partial charge is 0.480 e. The minimum atomic E-state index is -1.24. The Bertz CT molecular complexity index is 1430. The predicted molar refractivity (Wildman–Crippen MR) is 203 cm³/mol. The number of aliphatic carboxylic acids is 1. The normalized spacial score (nSPS) is 19.3. The summed E-state index contributed by atoms with van der Waals surface area (Å²) in [6.07, 6.45) is 2.57. The zero-order chi connectivity index (χ0) is 41.4. The van der Waals surface area contributed by atoms with Gasteiger partial charge in [0.1, 0.15) is 36.3 Å². The Morgan fingerprint density at radius 2 is 1.13 bits per heavy atom. The second-order valence-electron chi connectivity index (χ2n) is 14.4. The number of carboxylic acids is 1. The van der Waals surface area contributed by atoms with Crippen molar-refractivity contribution in [2.45, 2.75) is 128 Å². The van der Waals surface area contributed by atoms with Crippen LogP contribution in [-0.4, -0.2) is 137 Å². The topological polar surface area (TPSA) is 349 Å². The van der Waals surface area contributed by atoms with E-state index >= 15 is 0 Å². The number of amides is 6. The van der Waals surface area contributed by atoms with E-state index in [1.807, 2.05) is 13.8 Å². The number of aliphatic imine (C=N–C) groups is 2. The maximum absolute atomic E-state index is 14.0. The van der Waals surface area contributed by atoms with Crippen molar-refractivity contribution in [1.29, 1.82) is 0 Å². The Morgan fingerprint density at radius 1 is 0.673 bits per heavy atom. The summed E-state index contributed by atoms with van der Waals surface area (Å²) in [4.78, 5) is 103. The van der Waals surface area contributed by atoms with E-state index in [-0.39, 0.29) is 63.3 Å². The number of carbonyl (C=O) groups is 7. The van der Waals surface area contributed by atoms with Crippen molar-refractivity contribution in [2.24, 2.45) is 44.6 Å². The monoisotopic (exact) mass is 779 g/mol. The third-order valence-corrected chi connectivity index (χ3v) is 9.28. The molecule has 2 aliphatic heterocycles. The number of hydrogen-bond donors (Lipinski definition) is 10. The highest BCUT2D eigenvalue weighted by Crippen LogP contribution is 2.23. The lowest BCUT2D eigenvalue weighted by atomic mass is 10.0. The molecule has 21 nitrogen and oxygen atoms in total. The van der Waals surface area contributed by atoms with Crippen LogP contribution in [0, 0.1) is 5.92 Å². The molecule has 0 radical (unpaired) electrons. The van der Waals surface area contributed by atoms with Gasteiger partial charge in [0.15, 0.2) is 11.9 Å². The molecule has 2 aliphatic rings. The molecule has 55 heavy (non-hydrogen) atoms. The van der Waals surface area contributed by atoms with Gasteiger partial charge in [-0.25, -0.2) is 4.79 Å². The highest BCUT2D eigenvalue weighted by atomic mass is 16.4. The minimum absolute atomic E-state index is 0.0541. The zero-order valence-corrected chi connectivity index (χ0v) is 32.3. The molecule has 15 N–H and O–H groups in total. The van der Waals surface area contributed by atoms with E-state index < -0.39 is 83.7 Å². The molecule has 0 bridgehead atoms. The first-order chi connectivity index (χ1) is 25.8. The summed E-state index contributed by atoms with van der Waals surface area (Å²) in [5.74, 6) is -4.98. The first kappa shape index (κ1) is 45.9. The van der Waals surface area contributed by atoms with E-state index in [1.54, 1.807) is 0 Å². The van der Waals surface area contributed by atoms with Crippen LogP contribution in [0.2, 0.25) is 0 Å². The van der Waals surface area contributed by atoms with Crippen molar-refractivity contribution in [3.63, 3.8) is 0 Å². The molecular formula is C34H61N13O8. The summed E-state index contributed by atoms with van der Waals surface area (Å²) in [6.45, 7) is 7.45. The fourth-order valence-electron chi connectivity index (χ4n) is 6.46. The maximum Gasteiger partial charge on any atom is 0.326 e. The molecule has 0 unspecified atom stereocenters. The maximum atomic E-state index is 14.0. The summed E-state index contributed by atoms with van der Waals surface area (Å²) in [5, 5.41) is 20.3. The van der Waals surface area contributed by atoms with Gasteiger partial charge in [-0.15, -0.1) is 0 Å². The molecule has 2 rings (SSSR count). The number of carbonyl (C=O) groups excluding carboxylic acids is 6. The van der Waals surface area contributed by atoms with Crippen LogP contribution in [0.15, 0.2) is 9.98 Å². The lowest BCUT2D eigenvalue weighted by molar-refractivity contribution is -0.146. The number of nitrogens with two attached hydrogens (primary N) is 5. The molecule has 310 valence electrons. The number of nitrogens with one attached hydrogen (secondary N) is 4. The second-order valence-corrected chi connectivity index (χ2v) is 14.4. The Labute approximate surface area is 321 Å². The van der Waals surface area contributed by atoms with Crippen molar-refractivity contribution in [2.75, 3.05) is 26.2 Å². The Balaban J connectivity index is 2.22. The van der Waals surface area contributed by atoms with Crippen molar-refractivity contribution < 1.29 is 38.7 Å². The number of likely N-dealkylation sites (tertiary alicyclic amines) is 2. The standard InChI is InChI=1S/C34H61N13O8/c1-18(2)17-23(31(53)47-16-8-11-24(47)28(50)44-22(32(54)55)10-6-14-41-34(38)39)45-29(51)25-12-7-15-46(25)30(52)21(9-5-13-40-33(36)37)43-27(49)20(4)42-26(48)19(3)35/h18-25H,5-17,35H2,1-4H3,(H,42,48)(H,43,49)(H,44,50)(H,45,51)(H,54,55)(H4,36,37,40)(H4,38,39,41)/t19-,20-,21-,22-,23-,24-,25-/m0/s1. The second kappa shape index (κ2) is 22.2. The van der Waals surface area contributed by atoms with Crippen LogP contribution in [0.1, 0.15) is 85.5 Å². The smallest absolute Gasteiger partial charge is 0.326 e. The van der Waals surface area contributed by atoms with E-state index in [1.165, 1.54) is 23.6 Å². The Morgan fingerprint density at radius 3 is 1.56 bits per heavy atom. The van der Waals surface area contributed by atoms with E-state index in [0.29, 0.717) is 38.5 Å². The van der Waals surface area contributed by atoms with Crippen molar-refractivity contribution >= 4 is 53.3 Å². The van der Waals surface area contributed by atoms with E-state index in [2.05, 4.69) is 31.3 Å². The van der Waals surface area contributed by atoms with Crippen molar-refractivity contribution in [3.05, 3.63) is 0 Å². The molecular weight excluding hydrogens is 718 g/mol. The predicted octanol–water partition coefficient (Wildman–Crippen LogP) is -3.49. The average Bonchev–Trinajstić information content (AvgIpc) is 3.80. The van der Waals surface area contributed by atoms with Gasteiger partial charge in [-0.05, 0) is 77.6 Å². The van der Waals surface area contributed by atoms with Gasteiger partial charge >= 0.3 is 5.97 Å². The number of guanidine groups is 2. The molecule has 0 aromatic heterocycles. The molecule has 2 fully saturated rings.